The zero-order valence-corrected chi connectivity index (χ0v) is 18.6. The van der Waals surface area contributed by atoms with Gasteiger partial charge < -0.3 is 0 Å². The van der Waals surface area contributed by atoms with Crippen LogP contribution in [-0.4, -0.2) is 46.3 Å². The predicted octanol–water partition coefficient (Wildman–Crippen LogP) is 3.04. The van der Waals surface area contributed by atoms with Gasteiger partial charge in [-0.2, -0.15) is 0 Å². The molecule has 0 atom stereocenters. The minimum absolute atomic E-state index is 0.0164. The Balaban J connectivity index is 1.33. The summed E-state index contributed by atoms with van der Waals surface area (Å²) in [5, 5.41) is 7.44. The van der Waals surface area contributed by atoms with E-state index >= 15 is 0 Å². The fourth-order valence-electron chi connectivity index (χ4n) is 2.49. The van der Waals surface area contributed by atoms with Crippen LogP contribution in [0.3, 0.4) is 0 Å². The molecule has 2 fully saturated rings. The third-order valence-corrected chi connectivity index (χ3v) is 14.1. The van der Waals surface area contributed by atoms with Crippen molar-refractivity contribution >= 4 is 39.8 Å². The molecule has 0 radical (unpaired) electrons. The minimum atomic E-state index is -1.45. The first-order valence-corrected chi connectivity index (χ1v) is 16.0. The molecule has 1 aromatic heterocycles. The van der Waals surface area contributed by atoms with E-state index in [0.29, 0.717) is 12.4 Å². The first kappa shape index (κ1) is 19.2. The van der Waals surface area contributed by atoms with E-state index in [9.17, 15) is 4.79 Å². The summed E-state index contributed by atoms with van der Waals surface area (Å²) in [7, 11) is 1.62. The Morgan fingerprint density at radius 2 is 2.20 bits per heavy atom. The SMILES string of the molecule is CC1(NC(=O)OC2[CH2][Sb]([S]OCc3cc(N)n(C(C)(C)C)n3)[CH2]2)CC1. The van der Waals surface area contributed by atoms with Crippen molar-refractivity contribution in [1.82, 2.24) is 15.1 Å². The van der Waals surface area contributed by atoms with Crippen molar-refractivity contribution in [3.05, 3.63) is 11.8 Å². The standard InChI is InChI=1S/C8H15N3OS.C8H13NO2.Sb/c1-8(2,3)11-7(9)4-6(10-11)5-12-13;1-6(2)11-7(10)9-8(3)4-5-8;/h4,13H,5,9H2,1-3H3;6H,1-2,4-5H2,3H3,(H,9,10);/q;;+1/p-1. The third kappa shape index (κ3) is 5.20. The number of rotatable bonds is 6. The number of alkyl carbamates (subject to hydrolysis) is 1. The van der Waals surface area contributed by atoms with Gasteiger partial charge in [0.25, 0.3) is 0 Å². The second-order valence-corrected chi connectivity index (χ2v) is 18.0. The van der Waals surface area contributed by atoms with Gasteiger partial charge in [0.1, 0.15) is 0 Å². The molecule has 1 aliphatic carbocycles. The number of nitrogen functional groups attached to an aromatic ring is 1. The van der Waals surface area contributed by atoms with Crippen molar-refractivity contribution in [2.24, 2.45) is 0 Å². The van der Waals surface area contributed by atoms with E-state index in [-0.39, 0.29) is 23.3 Å². The molecule has 1 aromatic rings. The van der Waals surface area contributed by atoms with Gasteiger partial charge in [0, 0.05) is 0 Å². The molecular weight excluding hydrogens is 450 g/mol. The number of nitrogens with zero attached hydrogens (tertiary/aromatic N) is 2. The Labute approximate surface area is 158 Å². The normalized spacial score (nSPS) is 20.2. The van der Waals surface area contributed by atoms with E-state index in [0.717, 1.165) is 27.3 Å². The molecule has 3 N–H and O–H groups in total. The van der Waals surface area contributed by atoms with Gasteiger partial charge in [0.05, 0.1) is 0 Å². The fraction of sp³-hybridized carbons (Fsp3) is 0.750. The molecular formula is C16H27N4O3SSb. The van der Waals surface area contributed by atoms with E-state index in [4.69, 9.17) is 14.7 Å². The number of hydrogen-bond acceptors (Lipinski definition) is 6. The predicted molar refractivity (Wildman–Crippen MR) is 100 cm³/mol. The van der Waals surface area contributed by atoms with Crippen LogP contribution in [-0.2, 0) is 21.1 Å². The van der Waals surface area contributed by atoms with Crippen LogP contribution in [0.5, 0.6) is 0 Å². The van der Waals surface area contributed by atoms with Crippen molar-refractivity contribution < 1.29 is 13.7 Å². The van der Waals surface area contributed by atoms with E-state index < -0.39 is 18.8 Å². The molecule has 140 valence electrons. The Hall–Kier alpha value is -0.592. The maximum atomic E-state index is 11.7. The van der Waals surface area contributed by atoms with Crippen LogP contribution in [0, 0.1) is 0 Å². The van der Waals surface area contributed by atoms with E-state index in [1.54, 1.807) is 9.13 Å². The topological polar surface area (TPSA) is 91.4 Å². The number of ether oxygens (including phenoxy) is 1. The number of carbonyl (C=O) groups is 1. The molecule has 7 nitrogen and oxygen atoms in total. The van der Waals surface area contributed by atoms with Gasteiger partial charge in [-0.25, -0.2) is 0 Å². The van der Waals surface area contributed by atoms with Gasteiger partial charge in [0.2, 0.25) is 0 Å². The first-order chi connectivity index (χ1) is 11.6. The summed E-state index contributed by atoms with van der Waals surface area (Å²) in [5.41, 5.74) is 6.71. The van der Waals surface area contributed by atoms with Crippen LogP contribution in [0.25, 0.3) is 0 Å². The average molecular weight is 477 g/mol. The van der Waals surface area contributed by atoms with Gasteiger partial charge in [-0.1, -0.05) is 0 Å². The molecule has 0 unspecified atom stereocenters. The van der Waals surface area contributed by atoms with Crippen LogP contribution in [0.15, 0.2) is 6.07 Å². The number of hydrogen-bond donors (Lipinski definition) is 2. The second kappa shape index (κ2) is 7.20. The van der Waals surface area contributed by atoms with E-state index in [1.807, 2.05) is 17.7 Å². The van der Waals surface area contributed by atoms with Crippen LogP contribution >= 0.6 is 9.13 Å². The van der Waals surface area contributed by atoms with Crippen molar-refractivity contribution in [3.63, 3.8) is 0 Å². The zero-order valence-electron chi connectivity index (χ0n) is 15.2. The Morgan fingerprint density at radius 1 is 1.52 bits per heavy atom. The zero-order chi connectivity index (χ0) is 18.2. The molecule has 1 saturated heterocycles. The summed E-state index contributed by atoms with van der Waals surface area (Å²) in [6, 6.07) is 1.87. The molecule has 0 spiro atoms. The quantitative estimate of drug-likeness (QED) is 0.484. The average Bonchev–Trinajstić information content (AvgIpc) is 3.03. The van der Waals surface area contributed by atoms with Crippen molar-refractivity contribution in [2.75, 3.05) is 5.73 Å². The van der Waals surface area contributed by atoms with Crippen molar-refractivity contribution in [3.8, 4) is 0 Å². The monoisotopic (exact) mass is 476 g/mol. The van der Waals surface area contributed by atoms with Crippen LogP contribution < -0.4 is 11.1 Å². The second-order valence-electron chi connectivity index (χ2n) is 8.04. The van der Waals surface area contributed by atoms with Gasteiger partial charge in [-0.05, 0) is 0 Å². The number of nitrogens with two attached hydrogens (primary N) is 1. The van der Waals surface area contributed by atoms with Crippen molar-refractivity contribution in [2.45, 2.75) is 73.1 Å². The molecule has 9 heteroatoms. The molecule has 2 aliphatic rings. The molecule has 25 heavy (non-hydrogen) atoms. The number of carbonyl (C=O) groups excluding carboxylic acids is 1. The van der Waals surface area contributed by atoms with E-state index in [1.165, 1.54) is 0 Å². The Bertz CT molecular complexity index is 636. The number of nitrogens with one attached hydrogen (secondary N) is 1. The summed E-state index contributed by atoms with van der Waals surface area (Å²) in [5.74, 6) is 0.657. The molecule has 0 bridgehead atoms. The van der Waals surface area contributed by atoms with Crippen LogP contribution in [0.4, 0.5) is 10.6 Å². The molecule has 0 aromatic carbocycles. The molecule has 1 saturated carbocycles. The Morgan fingerprint density at radius 3 is 2.76 bits per heavy atom. The van der Waals surface area contributed by atoms with Gasteiger partial charge in [0.15, 0.2) is 0 Å². The fourth-order valence-corrected chi connectivity index (χ4v) is 10.6. The van der Waals surface area contributed by atoms with Gasteiger partial charge >= 0.3 is 159 Å². The van der Waals surface area contributed by atoms with Gasteiger partial charge in [-0.15, -0.1) is 0 Å². The number of anilines is 1. The summed E-state index contributed by atoms with van der Waals surface area (Å²) in [6.45, 7) is 8.72. The number of aromatic nitrogens is 2. The Kier molecular flexibility index (Phi) is 5.52. The number of amides is 1. The molecule has 2 heterocycles. The first-order valence-electron chi connectivity index (χ1n) is 8.53. The summed E-state index contributed by atoms with van der Waals surface area (Å²) >= 11 is -1.45. The van der Waals surface area contributed by atoms with Crippen molar-refractivity contribution in [1.29, 1.82) is 0 Å². The maximum absolute atomic E-state index is 11.7. The molecule has 3 rings (SSSR count). The van der Waals surface area contributed by atoms with E-state index in [2.05, 4.69) is 31.2 Å². The summed E-state index contributed by atoms with van der Waals surface area (Å²) in [4.78, 5) is 11.7. The molecule has 1 aliphatic heterocycles. The van der Waals surface area contributed by atoms with Gasteiger partial charge in [-0.3, -0.25) is 0 Å². The summed E-state index contributed by atoms with van der Waals surface area (Å²) in [6.07, 6.45) is 1.91. The third-order valence-electron chi connectivity index (χ3n) is 4.28. The van der Waals surface area contributed by atoms with Crippen LogP contribution in [0.2, 0.25) is 8.73 Å². The summed E-state index contributed by atoms with van der Waals surface area (Å²) < 4.78 is 15.1. The molecule has 1 amide bonds. The van der Waals surface area contributed by atoms with Crippen LogP contribution in [0.1, 0.15) is 46.2 Å².